The first kappa shape index (κ1) is 35.6. The number of para-hydroxylation sites is 4. The molecule has 0 spiro atoms. The molecule has 4 heterocycles. The van der Waals surface area contributed by atoms with E-state index >= 15 is 0 Å². The maximum atomic E-state index is 6.78. The third-order valence-corrected chi connectivity index (χ3v) is 12.3. The molecule has 0 aliphatic rings. The molecule has 0 atom stereocenters. The fourth-order valence-corrected chi connectivity index (χ4v) is 9.39. The van der Waals surface area contributed by atoms with Crippen LogP contribution in [0.1, 0.15) is 12.6 Å². The summed E-state index contributed by atoms with van der Waals surface area (Å²) in [5.41, 5.74) is 15.3. The first-order chi connectivity index (χ1) is 30.6. The van der Waals surface area contributed by atoms with Crippen molar-refractivity contribution in [3.05, 3.63) is 212 Å². The number of aromatic nitrogens is 4. The molecule has 0 radical (unpaired) electrons. The average Bonchev–Trinajstić information content (AvgIpc) is 3.99. The predicted octanol–water partition coefficient (Wildman–Crippen LogP) is 15.2. The molecule has 8 aromatic carbocycles. The van der Waals surface area contributed by atoms with Crippen LogP contribution in [0, 0.1) is 0 Å². The zero-order chi connectivity index (χ0) is 41.3. The second kappa shape index (κ2) is 14.2. The van der Waals surface area contributed by atoms with Crippen molar-refractivity contribution in [3.8, 4) is 45.1 Å². The monoisotopic (exact) mass is 794 g/mol. The minimum absolute atomic E-state index is 0.652. The molecule has 0 amide bonds. The Kier molecular flexibility index (Phi) is 8.15. The van der Waals surface area contributed by atoms with Crippen LogP contribution >= 0.6 is 0 Å². The fourth-order valence-electron chi connectivity index (χ4n) is 9.39. The van der Waals surface area contributed by atoms with E-state index in [4.69, 9.17) is 14.4 Å². The number of benzene rings is 8. The maximum Gasteiger partial charge on any atom is 0.160 e. The number of hydrogen-bond donors (Lipinski definition) is 0. The lowest BCUT2D eigenvalue weighted by atomic mass is 10.00. The smallest absolute Gasteiger partial charge is 0.160 e. The predicted molar refractivity (Wildman–Crippen MR) is 258 cm³/mol. The van der Waals surface area contributed by atoms with Gasteiger partial charge in [0.25, 0.3) is 0 Å². The molecule has 12 aromatic rings. The Balaban J connectivity index is 1.01. The van der Waals surface area contributed by atoms with Crippen LogP contribution in [0.5, 0.6) is 0 Å². The Labute approximate surface area is 357 Å². The molecular weight excluding hydrogens is 757 g/mol. The topological polar surface area (TPSA) is 48.8 Å². The molecule has 0 aliphatic heterocycles. The lowest BCUT2D eigenvalue weighted by molar-refractivity contribution is 0.670. The maximum absolute atomic E-state index is 6.78. The molecule has 12 rings (SSSR count). The summed E-state index contributed by atoms with van der Waals surface area (Å²) < 4.78 is 11.6. The van der Waals surface area contributed by atoms with Crippen LogP contribution in [0.2, 0.25) is 0 Å². The van der Waals surface area contributed by atoms with E-state index in [0.717, 1.165) is 83.6 Å². The molecule has 5 heteroatoms. The molecule has 0 bridgehead atoms. The molecule has 0 saturated heterocycles. The highest BCUT2D eigenvalue weighted by molar-refractivity contribution is 6.19. The molecular formula is C57H38N4O. The van der Waals surface area contributed by atoms with Crippen LogP contribution in [-0.4, -0.2) is 19.1 Å². The Morgan fingerprint density at radius 3 is 1.81 bits per heavy atom. The van der Waals surface area contributed by atoms with Crippen molar-refractivity contribution in [1.29, 1.82) is 0 Å². The van der Waals surface area contributed by atoms with Gasteiger partial charge in [-0.3, -0.25) is 0 Å². The number of fused-ring (bicyclic) bond motifs is 9. The lowest BCUT2D eigenvalue weighted by Crippen LogP contribution is -1.98. The van der Waals surface area contributed by atoms with Gasteiger partial charge in [0.05, 0.1) is 33.5 Å². The Morgan fingerprint density at radius 2 is 1.10 bits per heavy atom. The Hall–Kier alpha value is -8.28. The largest absolute Gasteiger partial charge is 0.455 e. The zero-order valence-corrected chi connectivity index (χ0v) is 34.0. The number of hydrogen-bond acceptors (Lipinski definition) is 3. The molecule has 0 saturated carbocycles. The van der Waals surface area contributed by atoms with E-state index in [1.165, 1.54) is 32.6 Å². The van der Waals surface area contributed by atoms with Crippen molar-refractivity contribution in [1.82, 2.24) is 19.1 Å². The van der Waals surface area contributed by atoms with E-state index in [1.54, 1.807) is 0 Å². The number of allylic oxidation sites excluding steroid dienone is 3. The van der Waals surface area contributed by atoms with Crippen LogP contribution < -0.4 is 0 Å². The Bertz CT molecular complexity index is 3770. The van der Waals surface area contributed by atoms with E-state index < -0.39 is 0 Å². The van der Waals surface area contributed by atoms with Gasteiger partial charge >= 0.3 is 0 Å². The van der Waals surface area contributed by atoms with Gasteiger partial charge in [-0.1, -0.05) is 140 Å². The van der Waals surface area contributed by atoms with Crippen LogP contribution in [0.15, 0.2) is 211 Å². The van der Waals surface area contributed by atoms with Gasteiger partial charge in [0.15, 0.2) is 5.82 Å². The summed E-state index contributed by atoms with van der Waals surface area (Å²) in [4.78, 5) is 10.1. The van der Waals surface area contributed by atoms with Gasteiger partial charge in [0.2, 0.25) is 0 Å². The lowest BCUT2D eigenvalue weighted by Gasteiger charge is -2.11. The minimum atomic E-state index is 0.652. The fraction of sp³-hybridized carbons (Fsp3) is 0.0175. The van der Waals surface area contributed by atoms with Gasteiger partial charge < -0.3 is 13.6 Å². The van der Waals surface area contributed by atoms with Crippen LogP contribution in [0.3, 0.4) is 0 Å². The van der Waals surface area contributed by atoms with Gasteiger partial charge in [0.1, 0.15) is 11.2 Å². The van der Waals surface area contributed by atoms with E-state index in [9.17, 15) is 0 Å². The first-order valence-corrected chi connectivity index (χ1v) is 21.0. The minimum Gasteiger partial charge on any atom is -0.455 e. The second-order valence-corrected chi connectivity index (χ2v) is 15.7. The Morgan fingerprint density at radius 1 is 0.484 bits per heavy atom. The molecule has 4 aromatic heterocycles. The molecule has 292 valence electrons. The van der Waals surface area contributed by atoms with Crippen molar-refractivity contribution in [2.45, 2.75) is 6.92 Å². The highest BCUT2D eigenvalue weighted by atomic mass is 16.3. The zero-order valence-electron chi connectivity index (χ0n) is 34.0. The van der Waals surface area contributed by atoms with Crippen molar-refractivity contribution in [3.63, 3.8) is 0 Å². The molecule has 0 unspecified atom stereocenters. The van der Waals surface area contributed by atoms with E-state index in [2.05, 4.69) is 180 Å². The summed E-state index contributed by atoms with van der Waals surface area (Å²) in [5.74, 6) is 0.652. The summed E-state index contributed by atoms with van der Waals surface area (Å²) >= 11 is 0. The van der Waals surface area contributed by atoms with E-state index in [-0.39, 0.29) is 0 Å². The molecule has 0 N–H and O–H groups in total. The van der Waals surface area contributed by atoms with E-state index in [0.29, 0.717) is 5.82 Å². The van der Waals surface area contributed by atoms with Crippen molar-refractivity contribution >= 4 is 71.1 Å². The molecule has 62 heavy (non-hydrogen) atoms. The first-order valence-electron chi connectivity index (χ1n) is 21.0. The number of rotatable bonds is 7. The quantitative estimate of drug-likeness (QED) is 0.151. The van der Waals surface area contributed by atoms with Crippen molar-refractivity contribution in [2.24, 2.45) is 0 Å². The highest BCUT2D eigenvalue weighted by Crippen LogP contribution is 2.42. The SMILES string of the molecule is C=C/C(=C\C)c1cc(-c2ccccc2)nc(-c2cccc(-c3cccc4c3oc3ccc(-n5c6ccccc6c6cc7c(cc65)c5ccccc5n7-c5ccccc5)cc34)c2)n1. The van der Waals surface area contributed by atoms with Crippen LogP contribution in [0.4, 0.5) is 0 Å². The summed E-state index contributed by atoms with van der Waals surface area (Å²) in [6.07, 6.45) is 3.88. The molecule has 0 aliphatic carbocycles. The molecule has 0 fully saturated rings. The van der Waals surface area contributed by atoms with Gasteiger partial charge in [0, 0.05) is 60.4 Å². The van der Waals surface area contributed by atoms with Crippen molar-refractivity contribution in [2.75, 3.05) is 0 Å². The number of nitrogens with zero attached hydrogens (tertiary/aromatic N) is 4. The highest BCUT2D eigenvalue weighted by Gasteiger charge is 2.20. The summed E-state index contributed by atoms with van der Waals surface area (Å²) in [6, 6.07) is 66.6. The van der Waals surface area contributed by atoms with E-state index in [1.807, 2.05) is 43.3 Å². The van der Waals surface area contributed by atoms with Gasteiger partial charge in [-0.2, -0.15) is 0 Å². The standard InChI is InChI=1S/C57H38N4O/c1-3-36(4-2)49-35-50(37-17-7-5-8-18-37)59-57(58-49)39-20-15-19-38(31-39)42-25-16-26-45-48-32-41(29-30-55(48)62-56(42)45)61-52-28-14-12-24-44(52)47-33-53-46(34-54(47)61)43-23-11-13-27-51(43)60(53)40-21-9-6-10-22-40/h3-35H,1H2,2H3/b36-4+. The summed E-state index contributed by atoms with van der Waals surface area (Å²) in [5, 5.41) is 7.00. The van der Waals surface area contributed by atoms with Gasteiger partial charge in [-0.25, -0.2) is 9.97 Å². The average molecular weight is 795 g/mol. The third kappa shape index (κ3) is 5.56. The summed E-state index contributed by atoms with van der Waals surface area (Å²) in [7, 11) is 0. The number of furan rings is 1. The van der Waals surface area contributed by atoms with Crippen LogP contribution in [-0.2, 0) is 0 Å². The van der Waals surface area contributed by atoms with Crippen LogP contribution in [0.25, 0.3) is 116 Å². The third-order valence-electron chi connectivity index (χ3n) is 12.3. The molecule has 5 nitrogen and oxygen atoms in total. The second-order valence-electron chi connectivity index (χ2n) is 15.7. The normalized spacial score (nSPS) is 12.1. The van der Waals surface area contributed by atoms with Crippen molar-refractivity contribution < 1.29 is 4.42 Å². The summed E-state index contributed by atoms with van der Waals surface area (Å²) in [6.45, 7) is 6.06. The van der Waals surface area contributed by atoms with Gasteiger partial charge in [-0.05, 0) is 84.8 Å². The van der Waals surface area contributed by atoms with Gasteiger partial charge in [-0.15, -0.1) is 0 Å².